The van der Waals surface area contributed by atoms with E-state index in [-0.39, 0.29) is 34.8 Å². The fourth-order valence-corrected chi connectivity index (χ4v) is 6.47. The number of phenols is 2. The van der Waals surface area contributed by atoms with Crippen molar-refractivity contribution in [3.05, 3.63) is 76.9 Å². The van der Waals surface area contributed by atoms with Gasteiger partial charge in [-0.2, -0.15) is 0 Å². The Morgan fingerprint density at radius 1 is 0.872 bits per heavy atom. The number of phenolic OH excluding ortho intramolecular Hbond substituents is 2. The molecule has 0 aromatic heterocycles. The maximum Gasteiger partial charge on any atom is 0.340 e. The third-order valence-electron chi connectivity index (χ3n) is 8.00. The molecular weight excluding hydrogens is 500 g/mol. The number of aromatic hydroxyl groups is 2. The van der Waals surface area contributed by atoms with Crippen molar-refractivity contribution in [2.24, 2.45) is 5.92 Å². The van der Waals surface area contributed by atoms with Crippen molar-refractivity contribution >= 4 is 17.6 Å². The Balaban J connectivity index is 1.43. The molecule has 0 bridgehead atoms. The van der Waals surface area contributed by atoms with E-state index in [0.29, 0.717) is 40.8 Å². The minimum atomic E-state index is -1.42. The minimum absolute atomic E-state index is 0.0342. The van der Waals surface area contributed by atoms with Gasteiger partial charge in [0.25, 0.3) is 0 Å². The van der Waals surface area contributed by atoms with Crippen molar-refractivity contribution in [3.8, 4) is 23.0 Å². The number of benzene rings is 3. The number of piperidine rings is 1. The van der Waals surface area contributed by atoms with Crippen LogP contribution in [-0.4, -0.2) is 38.2 Å². The largest absolute Gasteiger partial charge is 0.508 e. The zero-order valence-electron chi connectivity index (χ0n) is 22.1. The predicted octanol–water partition coefficient (Wildman–Crippen LogP) is 5.22. The van der Waals surface area contributed by atoms with Crippen LogP contribution in [0.4, 0.5) is 5.69 Å². The Morgan fingerprint density at radius 3 is 2.00 bits per heavy atom. The van der Waals surface area contributed by atoms with Crippen molar-refractivity contribution < 1.29 is 34.5 Å². The maximum absolute atomic E-state index is 13.4. The van der Waals surface area contributed by atoms with Gasteiger partial charge in [0, 0.05) is 51.5 Å². The van der Waals surface area contributed by atoms with Crippen LogP contribution in [0, 0.1) is 5.92 Å². The number of amides is 1. The second kappa shape index (κ2) is 8.21. The number of hydrogen-bond acceptors (Lipinski definition) is 7. The van der Waals surface area contributed by atoms with E-state index in [1.807, 2.05) is 27.7 Å². The summed E-state index contributed by atoms with van der Waals surface area (Å²) in [6, 6.07) is 14.1. The second-order valence-electron chi connectivity index (χ2n) is 11.8. The highest BCUT2D eigenvalue weighted by Gasteiger charge is 2.54. The van der Waals surface area contributed by atoms with Crippen LogP contribution < -0.4 is 10.1 Å². The van der Waals surface area contributed by atoms with E-state index < -0.39 is 22.6 Å². The quantitative estimate of drug-likeness (QED) is 0.388. The van der Waals surface area contributed by atoms with Gasteiger partial charge >= 0.3 is 5.97 Å². The first-order valence-corrected chi connectivity index (χ1v) is 12.8. The lowest BCUT2D eigenvalue weighted by Gasteiger charge is -2.49. The third-order valence-corrected chi connectivity index (χ3v) is 8.00. The lowest BCUT2D eigenvalue weighted by molar-refractivity contribution is -0.292. The van der Waals surface area contributed by atoms with Gasteiger partial charge in [-0.25, -0.2) is 4.79 Å². The van der Waals surface area contributed by atoms with Crippen LogP contribution in [0.5, 0.6) is 23.0 Å². The topological polar surface area (TPSA) is 128 Å². The third kappa shape index (κ3) is 3.76. The molecule has 1 fully saturated rings. The van der Waals surface area contributed by atoms with E-state index in [2.05, 4.69) is 5.32 Å². The molecule has 9 heteroatoms. The van der Waals surface area contributed by atoms with Crippen molar-refractivity contribution in [2.45, 2.75) is 57.2 Å². The number of rotatable bonds is 2. The van der Waals surface area contributed by atoms with E-state index in [1.165, 1.54) is 24.3 Å². The molecule has 0 atom stereocenters. The van der Waals surface area contributed by atoms with Gasteiger partial charge in [-0.3, -0.25) is 4.79 Å². The normalized spacial score (nSPS) is 20.4. The molecule has 39 heavy (non-hydrogen) atoms. The van der Waals surface area contributed by atoms with Gasteiger partial charge in [0.05, 0.1) is 5.56 Å². The summed E-state index contributed by atoms with van der Waals surface area (Å²) in [7, 11) is 0. The monoisotopic (exact) mass is 529 g/mol. The van der Waals surface area contributed by atoms with Crippen LogP contribution in [0.1, 0.15) is 67.6 Å². The Hall–Kier alpha value is -4.08. The van der Waals surface area contributed by atoms with Crippen LogP contribution in [0.15, 0.2) is 54.6 Å². The highest BCUT2D eigenvalue weighted by atomic mass is 16.6. The maximum atomic E-state index is 13.4. The minimum Gasteiger partial charge on any atom is -0.508 e. The molecule has 201 valence electrons. The van der Waals surface area contributed by atoms with Crippen molar-refractivity contribution in [2.75, 3.05) is 5.32 Å². The van der Waals surface area contributed by atoms with E-state index in [4.69, 9.17) is 9.47 Å². The fourth-order valence-electron chi connectivity index (χ4n) is 6.47. The Kier molecular flexibility index (Phi) is 5.31. The number of carbonyl (C=O) groups is 2. The van der Waals surface area contributed by atoms with Gasteiger partial charge in [0.2, 0.25) is 5.91 Å². The molecule has 3 heterocycles. The molecule has 0 saturated carbocycles. The molecule has 1 radical (unpaired) electrons. The number of nitrogens with one attached hydrogen (secondary N) is 1. The summed E-state index contributed by atoms with van der Waals surface area (Å²) >= 11 is 0. The zero-order chi connectivity index (χ0) is 27.9. The van der Waals surface area contributed by atoms with Gasteiger partial charge in [-0.15, -0.1) is 10.3 Å². The van der Waals surface area contributed by atoms with Crippen molar-refractivity contribution in [1.29, 1.82) is 0 Å². The molecule has 3 aromatic rings. The van der Waals surface area contributed by atoms with Crippen LogP contribution in [0.3, 0.4) is 0 Å². The first kappa shape index (κ1) is 25.2. The Labute approximate surface area is 225 Å². The fraction of sp³-hybridized carbons (Fsp3) is 0.333. The molecule has 6 rings (SSSR count). The zero-order valence-corrected chi connectivity index (χ0v) is 22.1. The summed E-state index contributed by atoms with van der Waals surface area (Å²) in [6.45, 7) is 7.38. The first-order valence-electron chi connectivity index (χ1n) is 12.8. The van der Waals surface area contributed by atoms with Crippen LogP contribution in [0.2, 0.25) is 0 Å². The molecule has 9 nitrogen and oxygen atoms in total. The number of carbonyl (C=O) groups excluding carboxylic acids is 2. The molecule has 0 unspecified atom stereocenters. The molecule has 3 aliphatic rings. The smallest absolute Gasteiger partial charge is 0.340 e. The molecule has 3 N–H and O–H groups in total. The summed E-state index contributed by atoms with van der Waals surface area (Å²) in [5.41, 5.74) is -0.506. The number of hydrogen-bond donors (Lipinski definition) is 3. The van der Waals surface area contributed by atoms with Crippen molar-refractivity contribution in [1.82, 2.24) is 5.06 Å². The Bertz CT molecular complexity index is 1470. The number of esters is 1. The Morgan fingerprint density at radius 2 is 1.44 bits per heavy atom. The van der Waals surface area contributed by atoms with E-state index in [0.717, 1.165) is 5.06 Å². The van der Waals surface area contributed by atoms with Gasteiger partial charge < -0.3 is 25.0 Å². The lowest BCUT2D eigenvalue weighted by Crippen LogP contribution is -2.59. The summed E-state index contributed by atoms with van der Waals surface area (Å²) in [6.07, 6.45) is 0.820. The van der Waals surface area contributed by atoms with Crippen LogP contribution in [-0.2, 0) is 20.3 Å². The van der Waals surface area contributed by atoms with Gasteiger partial charge in [-0.1, -0.05) is 0 Å². The SMILES string of the molecule is CC1(C)CC(C(=O)Nc2ccc3c(c2)C2(OC3=O)c3ccc(O)cc3Oc3cc(O)ccc32)CC(C)(C)N1[O]. The summed E-state index contributed by atoms with van der Waals surface area (Å²) in [5, 5.41) is 37.1. The average Bonchev–Trinajstić information content (AvgIpc) is 3.13. The number of hydroxylamine groups is 2. The van der Waals surface area contributed by atoms with Crippen molar-refractivity contribution in [3.63, 3.8) is 0 Å². The summed E-state index contributed by atoms with van der Waals surface area (Å²) < 4.78 is 12.1. The van der Waals surface area contributed by atoms with Gasteiger partial charge in [-0.05, 0) is 83.0 Å². The van der Waals surface area contributed by atoms with Crippen LogP contribution in [0.25, 0.3) is 0 Å². The lowest BCUT2D eigenvalue weighted by atomic mass is 9.75. The molecular formula is C30H29N2O7. The number of nitrogens with zero attached hydrogens (tertiary/aromatic N) is 1. The van der Waals surface area contributed by atoms with Crippen LogP contribution >= 0.6 is 0 Å². The molecule has 1 spiro atoms. The highest BCUT2D eigenvalue weighted by Crippen LogP contribution is 2.57. The summed E-state index contributed by atoms with van der Waals surface area (Å²) in [5.74, 6) is -0.647. The summed E-state index contributed by atoms with van der Waals surface area (Å²) in [4.78, 5) is 26.6. The van der Waals surface area contributed by atoms with Gasteiger partial charge in [0.1, 0.15) is 23.0 Å². The predicted molar refractivity (Wildman–Crippen MR) is 140 cm³/mol. The molecule has 3 aliphatic heterocycles. The number of fused-ring (bicyclic) bond motifs is 6. The average molecular weight is 530 g/mol. The molecule has 1 amide bonds. The first-order chi connectivity index (χ1) is 18.3. The van der Waals surface area contributed by atoms with E-state index in [1.54, 1.807) is 30.3 Å². The van der Waals surface area contributed by atoms with Gasteiger partial charge in [0.15, 0.2) is 5.60 Å². The van der Waals surface area contributed by atoms with E-state index >= 15 is 0 Å². The molecule has 0 aliphatic carbocycles. The molecule has 1 saturated heterocycles. The van der Waals surface area contributed by atoms with E-state index in [9.17, 15) is 25.0 Å². The second-order valence-corrected chi connectivity index (χ2v) is 11.8. The highest BCUT2D eigenvalue weighted by molar-refractivity contribution is 5.99. The number of ether oxygens (including phenoxy) is 2. The standard InChI is InChI=1S/C30H29N2O7/c1-28(2)14-16(15-29(3,4)32(28)37)26(35)31-17-5-8-20-23(11-17)30(39-27(20)36)21-9-6-18(33)12-24(21)38-25-13-19(34)7-10-22(25)30/h5-13,16,33-34H,14-15H2,1-4H3,(H,31,35). The molecule has 3 aromatic carbocycles. The number of anilines is 1.